The van der Waals surface area contributed by atoms with Crippen molar-refractivity contribution in [3.05, 3.63) is 42.1 Å². The van der Waals surface area contributed by atoms with Crippen molar-refractivity contribution in [2.45, 2.75) is 6.67 Å². The van der Waals surface area contributed by atoms with Gasteiger partial charge in [-0.05, 0) is 24.3 Å². The summed E-state index contributed by atoms with van der Waals surface area (Å²) < 4.78 is 12.4. The molecule has 2 rings (SSSR count). The number of halogens is 1. The maximum atomic E-state index is 12.4. The van der Waals surface area contributed by atoms with Crippen LogP contribution in [0.25, 0.3) is 11.4 Å². The predicted molar refractivity (Wildman–Crippen MR) is 56.7 cm³/mol. The van der Waals surface area contributed by atoms with Crippen LogP contribution in [0.15, 0.2) is 36.4 Å². The molecule has 2 aromatic heterocycles. The van der Waals surface area contributed by atoms with Gasteiger partial charge in [-0.3, -0.25) is 0 Å². The fourth-order valence-electron chi connectivity index (χ4n) is 1.29. The van der Waals surface area contributed by atoms with E-state index in [0.717, 1.165) is 0 Å². The fourth-order valence-corrected chi connectivity index (χ4v) is 1.29. The summed E-state index contributed by atoms with van der Waals surface area (Å²) in [4.78, 5) is 8.22. The van der Waals surface area contributed by atoms with Gasteiger partial charge in [-0.15, -0.1) is 0 Å². The summed E-state index contributed by atoms with van der Waals surface area (Å²) in [6.45, 7) is -0.573. The Balaban J connectivity index is 2.44. The number of hydrogen-bond donors (Lipinski definition) is 1. The molecule has 0 aliphatic carbocycles. The first-order valence-electron chi connectivity index (χ1n) is 4.54. The average molecular weight is 203 g/mol. The zero-order valence-electron chi connectivity index (χ0n) is 8.02. The van der Waals surface area contributed by atoms with Gasteiger partial charge in [0, 0.05) is 0 Å². The molecule has 0 radical (unpaired) electrons. The molecule has 2 aromatic rings. The van der Waals surface area contributed by atoms with Gasteiger partial charge in [0.15, 0.2) is 0 Å². The minimum Gasteiger partial charge on any atom is -0.384 e. The lowest BCUT2D eigenvalue weighted by molar-refractivity contribution is 0.476. The van der Waals surface area contributed by atoms with E-state index in [1.54, 1.807) is 36.4 Å². The molecule has 2 N–H and O–H groups in total. The Hall–Kier alpha value is -1.97. The van der Waals surface area contributed by atoms with Crippen molar-refractivity contribution in [1.29, 1.82) is 0 Å². The summed E-state index contributed by atoms with van der Waals surface area (Å²) in [5.41, 5.74) is 7.25. The van der Waals surface area contributed by atoms with Crippen LogP contribution < -0.4 is 5.73 Å². The molecule has 0 unspecified atom stereocenters. The zero-order valence-corrected chi connectivity index (χ0v) is 8.02. The van der Waals surface area contributed by atoms with Gasteiger partial charge >= 0.3 is 0 Å². The summed E-state index contributed by atoms with van der Waals surface area (Å²) in [6, 6.07) is 10.4. The van der Waals surface area contributed by atoms with Crippen LogP contribution >= 0.6 is 0 Å². The van der Waals surface area contributed by atoms with Crippen molar-refractivity contribution in [3.63, 3.8) is 0 Å². The lowest BCUT2D eigenvalue weighted by Crippen LogP contribution is -1.94. The number of hydrogen-bond acceptors (Lipinski definition) is 3. The first kappa shape index (κ1) is 9.58. The van der Waals surface area contributed by atoms with Gasteiger partial charge < -0.3 is 5.73 Å². The number of nitrogen functional groups attached to an aromatic ring is 1. The molecule has 0 atom stereocenters. The van der Waals surface area contributed by atoms with E-state index in [-0.39, 0.29) is 0 Å². The van der Waals surface area contributed by atoms with E-state index in [1.165, 1.54) is 0 Å². The minimum atomic E-state index is -0.573. The van der Waals surface area contributed by atoms with Gasteiger partial charge in [-0.1, -0.05) is 12.1 Å². The van der Waals surface area contributed by atoms with Crippen LogP contribution in [0.4, 0.5) is 10.2 Å². The van der Waals surface area contributed by atoms with E-state index in [1.807, 2.05) is 0 Å². The second kappa shape index (κ2) is 4.04. The molecule has 4 heteroatoms. The van der Waals surface area contributed by atoms with Crippen LogP contribution in [0.3, 0.4) is 0 Å². The van der Waals surface area contributed by atoms with E-state index < -0.39 is 6.67 Å². The Morgan fingerprint density at radius 2 is 1.67 bits per heavy atom. The predicted octanol–water partition coefficient (Wildman–Crippen LogP) is 2.20. The Morgan fingerprint density at radius 3 is 2.33 bits per heavy atom. The third-order valence-corrected chi connectivity index (χ3v) is 1.98. The maximum Gasteiger partial charge on any atom is 0.131 e. The fraction of sp³-hybridized carbons (Fsp3) is 0.0909. The molecule has 0 amide bonds. The molecule has 2 heterocycles. The highest BCUT2D eigenvalue weighted by molar-refractivity contribution is 5.56. The Kier molecular flexibility index (Phi) is 2.58. The van der Waals surface area contributed by atoms with E-state index in [2.05, 4.69) is 9.97 Å². The second-order valence-electron chi connectivity index (χ2n) is 3.10. The molecule has 0 aliphatic rings. The molecular formula is C11H10FN3. The summed E-state index contributed by atoms with van der Waals surface area (Å²) in [7, 11) is 0. The molecule has 0 saturated heterocycles. The number of anilines is 1. The maximum absolute atomic E-state index is 12.4. The van der Waals surface area contributed by atoms with Gasteiger partial charge in [0.05, 0.1) is 17.1 Å². The third kappa shape index (κ3) is 2.10. The van der Waals surface area contributed by atoms with Crippen molar-refractivity contribution < 1.29 is 4.39 Å². The van der Waals surface area contributed by atoms with Gasteiger partial charge in [-0.2, -0.15) is 0 Å². The quantitative estimate of drug-likeness (QED) is 0.814. The standard InChI is InChI=1S/C11H10FN3/c12-7-8-3-1-4-9(14-8)10-5-2-6-11(13)15-10/h1-6H,7H2,(H2,13,15). The van der Waals surface area contributed by atoms with Gasteiger partial charge in [-0.25, -0.2) is 14.4 Å². The second-order valence-corrected chi connectivity index (χ2v) is 3.10. The largest absolute Gasteiger partial charge is 0.384 e. The molecule has 0 aliphatic heterocycles. The number of pyridine rings is 2. The highest BCUT2D eigenvalue weighted by atomic mass is 19.1. The lowest BCUT2D eigenvalue weighted by atomic mass is 10.2. The average Bonchev–Trinajstić information content (AvgIpc) is 2.29. The van der Waals surface area contributed by atoms with Crippen LogP contribution in [-0.2, 0) is 6.67 Å². The number of alkyl halides is 1. The van der Waals surface area contributed by atoms with Crippen LogP contribution in [-0.4, -0.2) is 9.97 Å². The van der Waals surface area contributed by atoms with Crippen LogP contribution in [0, 0.1) is 0 Å². The van der Waals surface area contributed by atoms with E-state index in [9.17, 15) is 4.39 Å². The van der Waals surface area contributed by atoms with Crippen molar-refractivity contribution in [2.24, 2.45) is 0 Å². The van der Waals surface area contributed by atoms with Gasteiger partial charge in [0.25, 0.3) is 0 Å². The number of rotatable bonds is 2. The molecule has 0 spiro atoms. The molecular weight excluding hydrogens is 193 g/mol. The molecule has 0 bridgehead atoms. The Bertz CT molecular complexity index is 471. The van der Waals surface area contributed by atoms with Crippen molar-refractivity contribution in [1.82, 2.24) is 9.97 Å². The van der Waals surface area contributed by atoms with Crippen molar-refractivity contribution in [3.8, 4) is 11.4 Å². The molecule has 0 fully saturated rings. The van der Waals surface area contributed by atoms with Gasteiger partial charge in [0.1, 0.15) is 12.5 Å². The molecule has 15 heavy (non-hydrogen) atoms. The SMILES string of the molecule is Nc1cccc(-c2cccc(CF)n2)n1. The Labute approximate surface area is 86.8 Å². The molecule has 3 nitrogen and oxygen atoms in total. The molecule has 0 saturated carbocycles. The Morgan fingerprint density at radius 1 is 1.00 bits per heavy atom. The summed E-state index contributed by atoms with van der Waals surface area (Å²) in [5.74, 6) is 0.431. The summed E-state index contributed by atoms with van der Waals surface area (Å²) in [5, 5.41) is 0. The van der Waals surface area contributed by atoms with Crippen molar-refractivity contribution >= 4 is 5.82 Å². The summed E-state index contributed by atoms with van der Waals surface area (Å²) >= 11 is 0. The topological polar surface area (TPSA) is 51.8 Å². The minimum absolute atomic E-state index is 0.400. The van der Waals surface area contributed by atoms with E-state index >= 15 is 0 Å². The number of nitrogens with two attached hydrogens (primary N) is 1. The summed E-state index contributed by atoms with van der Waals surface area (Å²) in [6.07, 6.45) is 0. The van der Waals surface area contributed by atoms with Crippen LogP contribution in [0.5, 0.6) is 0 Å². The first-order chi connectivity index (χ1) is 7.29. The third-order valence-electron chi connectivity index (χ3n) is 1.98. The van der Waals surface area contributed by atoms with Gasteiger partial charge in [0.2, 0.25) is 0 Å². The highest BCUT2D eigenvalue weighted by Crippen LogP contribution is 2.15. The number of nitrogens with zero attached hydrogens (tertiary/aromatic N) is 2. The zero-order chi connectivity index (χ0) is 10.7. The highest BCUT2D eigenvalue weighted by Gasteiger charge is 2.02. The van der Waals surface area contributed by atoms with Crippen LogP contribution in [0.2, 0.25) is 0 Å². The van der Waals surface area contributed by atoms with Crippen LogP contribution in [0.1, 0.15) is 5.69 Å². The van der Waals surface area contributed by atoms with E-state index in [4.69, 9.17) is 5.73 Å². The normalized spacial score (nSPS) is 10.2. The smallest absolute Gasteiger partial charge is 0.131 e. The number of aromatic nitrogens is 2. The van der Waals surface area contributed by atoms with Crippen molar-refractivity contribution in [2.75, 3.05) is 5.73 Å². The lowest BCUT2D eigenvalue weighted by Gasteiger charge is -2.02. The first-order valence-corrected chi connectivity index (χ1v) is 4.54. The molecule has 76 valence electrons. The monoisotopic (exact) mass is 203 g/mol. The molecule has 0 aromatic carbocycles. The van der Waals surface area contributed by atoms with E-state index in [0.29, 0.717) is 22.9 Å².